The van der Waals surface area contributed by atoms with Crippen LogP contribution in [0.2, 0.25) is 0 Å². The van der Waals surface area contributed by atoms with E-state index in [4.69, 9.17) is 9.47 Å². The number of nitrogens with zero attached hydrogens (tertiary/aromatic N) is 1. The third-order valence-corrected chi connectivity index (χ3v) is 8.30. The molecule has 9 nitrogen and oxygen atoms in total. The van der Waals surface area contributed by atoms with E-state index in [2.05, 4.69) is 10.0 Å². The van der Waals surface area contributed by atoms with Crippen molar-refractivity contribution in [1.82, 2.24) is 10.0 Å². The van der Waals surface area contributed by atoms with Crippen molar-refractivity contribution in [3.63, 3.8) is 0 Å². The van der Waals surface area contributed by atoms with Crippen molar-refractivity contribution in [3.05, 3.63) is 120 Å². The van der Waals surface area contributed by atoms with Crippen LogP contribution in [0, 0.1) is 0 Å². The van der Waals surface area contributed by atoms with Crippen LogP contribution in [0.1, 0.15) is 21.5 Å². The highest BCUT2D eigenvalue weighted by molar-refractivity contribution is 7.89. The third-order valence-electron chi connectivity index (χ3n) is 6.88. The summed E-state index contributed by atoms with van der Waals surface area (Å²) in [5.41, 5.74) is 2.48. The summed E-state index contributed by atoms with van der Waals surface area (Å²) in [5.74, 6) is -0.340. The molecular formula is C32H31N3O6S. The molecule has 2 N–H and O–H groups in total. The number of sulfonamides is 1. The first-order valence-corrected chi connectivity index (χ1v) is 14.9. The van der Waals surface area contributed by atoms with Crippen molar-refractivity contribution >= 4 is 27.5 Å². The molecule has 0 saturated carbocycles. The Morgan fingerprint density at radius 2 is 1.57 bits per heavy atom. The minimum absolute atomic E-state index is 0.0482. The number of ether oxygens (including phenoxy) is 2. The van der Waals surface area contributed by atoms with Crippen molar-refractivity contribution < 1.29 is 27.5 Å². The van der Waals surface area contributed by atoms with Crippen LogP contribution in [0.5, 0.6) is 11.5 Å². The molecule has 4 aromatic rings. The van der Waals surface area contributed by atoms with Crippen LogP contribution >= 0.6 is 0 Å². The number of anilines is 1. The van der Waals surface area contributed by atoms with E-state index in [9.17, 15) is 18.0 Å². The average molecular weight is 586 g/mol. The summed E-state index contributed by atoms with van der Waals surface area (Å²) in [6, 6.07) is 30.1. The normalized spacial score (nSPS) is 14.4. The van der Waals surface area contributed by atoms with Gasteiger partial charge >= 0.3 is 0 Å². The van der Waals surface area contributed by atoms with E-state index in [1.165, 1.54) is 30.2 Å². The third kappa shape index (κ3) is 6.62. The lowest BCUT2D eigenvalue weighted by atomic mass is 10.1. The zero-order chi connectivity index (χ0) is 29.5. The van der Waals surface area contributed by atoms with Crippen LogP contribution in [0.3, 0.4) is 0 Å². The number of carbonyl (C=O) groups is 2. The van der Waals surface area contributed by atoms with Crippen LogP contribution in [0.4, 0.5) is 5.69 Å². The molecule has 1 aliphatic rings. The Morgan fingerprint density at radius 1 is 0.905 bits per heavy atom. The van der Waals surface area contributed by atoms with Gasteiger partial charge in [0.15, 0.2) is 6.10 Å². The van der Waals surface area contributed by atoms with Crippen LogP contribution in [-0.4, -0.2) is 46.5 Å². The molecule has 0 aromatic heterocycles. The molecule has 0 saturated heterocycles. The minimum Gasteiger partial charge on any atom is -0.495 e. The van der Waals surface area contributed by atoms with Gasteiger partial charge in [0.1, 0.15) is 16.4 Å². The van der Waals surface area contributed by atoms with E-state index in [1.54, 1.807) is 24.3 Å². The van der Waals surface area contributed by atoms with E-state index in [-0.39, 0.29) is 35.2 Å². The van der Waals surface area contributed by atoms with Crippen molar-refractivity contribution in [3.8, 4) is 11.5 Å². The summed E-state index contributed by atoms with van der Waals surface area (Å²) < 4.78 is 40.4. The summed E-state index contributed by atoms with van der Waals surface area (Å²) in [6.45, 7) is 0.434. The Balaban J connectivity index is 1.36. The van der Waals surface area contributed by atoms with Gasteiger partial charge in [0.05, 0.1) is 19.3 Å². The van der Waals surface area contributed by atoms with Crippen LogP contribution < -0.4 is 24.4 Å². The predicted molar refractivity (Wildman–Crippen MR) is 159 cm³/mol. The van der Waals surface area contributed by atoms with Gasteiger partial charge < -0.3 is 19.7 Å². The highest BCUT2D eigenvalue weighted by atomic mass is 32.2. The van der Waals surface area contributed by atoms with E-state index in [0.29, 0.717) is 24.4 Å². The lowest BCUT2D eigenvalue weighted by molar-refractivity contribution is -0.127. The molecule has 42 heavy (non-hydrogen) atoms. The Hall–Kier alpha value is -4.67. The Kier molecular flexibility index (Phi) is 8.85. The molecule has 1 aliphatic heterocycles. The number of amides is 2. The van der Waals surface area contributed by atoms with E-state index in [0.717, 1.165) is 11.1 Å². The van der Waals surface area contributed by atoms with Crippen molar-refractivity contribution in [2.45, 2.75) is 24.0 Å². The van der Waals surface area contributed by atoms with Crippen LogP contribution in [0.15, 0.2) is 108 Å². The molecular weight excluding hydrogens is 554 g/mol. The lowest BCUT2D eigenvalue weighted by Crippen LogP contribution is -2.51. The highest BCUT2D eigenvalue weighted by Crippen LogP contribution is 2.35. The smallest absolute Gasteiger partial charge is 0.262 e. The minimum atomic E-state index is -4.04. The summed E-state index contributed by atoms with van der Waals surface area (Å²) in [7, 11) is -2.67. The average Bonchev–Trinajstić information content (AvgIpc) is 3.03. The van der Waals surface area contributed by atoms with E-state index >= 15 is 0 Å². The second-order valence-corrected chi connectivity index (χ2v) is 11.4. The fraction of sp³-hybridized carbons (Fsp3) is 0.188. The van der Waals surface area contributed by atoms with Gasteiger partial charge in [-0.15, -0.1) is 0 Å². The largest absolute Gasteiger partial charge is 0.495 e. The van der Waals surface area contributed by atoms with Gasteiger partial charge in [-0.1, -0.05) is 72.8 Å². The second kappa shape index (κ2) is 12.9. The first-order valence-electron chi connectivity index (χ1n) is 13.5. The van der Waals surface area contributed by atoms with Gasteiger partial charge in [0.2, 0.25) is 10.0 Å². The van der Waals surface area contributed by atoms with Crippen LogP contribution in [0.25, 0.3) is 0 Å². The number of hydrogen-bond donors (Lipinski definition) is 2. The van der Waals surface area contributed by atoms with Crippen molar-refractivity contribution in [1.29, 1.82) is 0 Å². The predicted octanol–water partition coefficient (Wildman–Crippen LogP) is 3.94. The van der Waals surface area contributed by atoms with Gasteiger partial charge in [-0.05, 0) is 47.9 Å². The molecule has 0 fully saturated rings. The maximum Gasteiger partial charge on any atom is 0.262 e. The first kappa shape index (κ1) is 28.8. The van der Waals surface area contributed by atoms with Gasteiger partial charge in [0.25, 0.3) is 11.8 Å². The highest BCUT2D eigenvalue weighted by Gasteiger charge is 2.34. The Morgan fingerprint density at radius 3 is 2.29 bits per heavy atom. The number of para-hydroxylation sites is 2. The summed E-state index contributed by atoms with van der Waals surface area (Å²) >= 11 is 0. The molecule has 4 aromatic carbocycles. The van der Waals surface area contributed by atoms with Gasteiger partial charge in [0, 0.05) is 18.7 Å². The molecule has 0 aliphatic carbocycles. The van der Waals surface area contributed by atoms with Crippen molar-refractivity contribution in [2.24, 2.45) is 0 Å². The number of hydrogen-bond acceptors (Lipinski definition) is 6. The summed E-state index contributed by atoms with van der Waals surface area (Å²) in [5, 5.41) is 2.90. The Labute approximate surface area is 245 Å². The molecule has 2 amide bonds. The van der Waals surface area contributed by atoms with Crippen molar-refractivity contribution in [2.75, 3.05) is 25.1 Å². The first-order chi connectivity index (χ1) is 20.4. The molecule has 216 valence electrons. The fourth-order valence-electron chi connectivity index (χ4n) is 4.68. The number of carbonyl (C=O) groups excluding carboxylic acids is 2. The van der Waals surface area contributed by atoms with Gasteiger partial charge in [-0.25, -0.2) is 13.1 Å². The monoisotopic (exact) mass is 585 g/mol. The zero-order valence-corrected chi connectivity index (χ0v) is 23.8. The van der Waals surface area contributed by atoms with Crippen LogP contribution in [-0.2, 0) is 27.8 Å². The molecule has 0 spiro atoms. The number of rotatable bonds is 10. The quantitative estimate of drug-likeness (QED) is 0.292. The number of methoxy groups -OCH3 is 1. The lowest BCUT2D eigenvalue weighted by Gasteiger charge is -2.34. The maximum atomic E-state index is 13.9. The topological polar surface area (TPSA) is 114 Å². The molecule has 1 atom stereocenters. The van der Waals surface area contributed by atoms with E-state index in [1.807, 2.05) is 60.7 Å². The second-order valence-electron chi connectivity index (χ2n) is 9.69. The molecule has 1 heterocycles. The molecule has 0 bridgehead atoms. The maximum absolute atomic E-state index is 13.9. The van der Waals surface area contributed by atoms with E-state index < -0.39 is 22.0 Å². The standard InChI is InChI=1S/C32H31N3O6S/c1-40-28-17-16-25(20-30(28)42(38,39)34-21-24-12-6-3-7-13-24)32(37)35-22-29(41-27-15-9-8-14-26(27)35)31(36)33-19-18-23-10-4-2-5-11-23/h2-17,20,29,34H,18-19,21-22H2,1H3,(H,33,36)/t29-/m0/s1. The number of benzene rings is 4. The molecule has 5 rings (SSSR count). The van der Waals surface area contributed by atoms with Gasteiger partial charge in [-0.3, -0.25) is 9.59 Å². The fourth-order valence-corrected chi connectivity index (χ4v) is 5.89. The zero-order valence-electron chi connectivity index (χ0n) is 23.0. The number of fused-ring (bicyclic) bond motifs is 1. The SMILES string of the molecule is COc1ccc(C(=O)N2C[C@@H](C(=O)NCCc3ccccc3)Oc3ccccc32)cc1S(=O)(=O)NCc1ccccc1. The van der Waals surface area contributed by atoms with Gasteiger partial charge in [-0.2, -0.15) is 0 Å². The molecule has 0 unspecified atom stereocenters. The Bertz CT molecular complexity index is 1660. The summed E-state index contributed by atoms with van der Waals surface area (Å²) in [6.07, 6.45) is -0.298. The molecule has 10 heteroatoms. The number of nitrogens with one attached hydrogen (secondary N) is 2. The molecule has 0 radical (unpaired) electrons. The summed E-state index contributed by atoms with van der Waals surface area (Å²) in [4.78, 5) is 28.2.